The van der Waals surface area contributed by atoms with Crippen LogP contribution in [0.2, 0.25) is 0 Å². The van der Waals surface area contributed by atoms with Crippen molar-refractivity contribution < 1.29 is 13.2 Å². The van der Waals surface area contributed by atoms with Gasteiger partial charge in [-0.3, -0.25) is 9.69 Å². The highest BCUT2D eigenvalue weighted by Gasteiger charge is 2.33. The maximum Gasteiger partial charge on any atom is 0.243 e. The Morgan fingerprint density at radius 1 is 1.12 bits per heavy atom. The number of benzene rings is 1. The number of sulfonamides is 1. The van der Waals surface area contributed by atoms with Gasteiger partial charge in [0.1, 0.15) is 0 Å². The van der Waals surface area contributed by atoms with Crippen LogP contribution >= 0.6 is 0 Å². The molecule has 6 nitrogen and oxygen atoms in total. The van der Waals surface area contributed by atoms with Crippen molar-refractivity contribution in [2.75, 3.05) is 26.2 Å². The average molecular weight is 382 g/mol. The molecule has 1 fully saturated rings. The summed E-state index contributed by atoms with van der Waals surface area (Å²) >= 11 is 0. The molecular formula is C19H31N3O3S. The molecule has 1 unspecified atom stereocenters. The molecule has 1 saturated heterocycles. The minimum atomic E-state index is -3.51. The third-order valence-electron chi connectivity index (χ3n) is 4.66. The first-order valence-corrected chi connectivity index (χ1v) is 10.5. The van der Waals surface area contributed by atoms with Gasteiger partial charge in [0, 0.05) is 31.7 Å². The summed E-state index contributed by atoms with van der Waals surface area (Å²) in [4.78, 5) is 14.8. The Kier molecular flexibility index (Phi) is 6.15. The first-order valence-electron chi connectivity index (χ1n) is 9.05. The van der Waals surface area contributed by atoms with Crippen molar-refractivity contribution in [3.63, 3.8) is 0 Å². The van der Waals surface area contributed by atoms with E-state index in [2.05, 4.69) is 5.32 Å². The predicted molar refractivity (Wildman–Crippen MR) is 104 cm³/mol. The number of nitrogens with zero attached hydrogens (tertiary/aromatic N) is 2. The molecule has 146 valence electrons. The zero-order chi connectivity index (χ0) is 19.7. The number of hydrogen-bond donors (Lipinski definition) is 1. The van der Waals surface area contributed by atoms with Crippen molar-refractivity contribution in [3.8, 4) is 0 Å². The van der Waals surface area contributed by atoms with Gasteiger partial charge in [-0.25, -0.2) is 8.42 Å². The highest BCUT2D eigenvalue weighted by Crippen LogP contribution is 2.23. The molecule has 7 heteroatoms. The van der Waals surface area contributed by atoms with Crippen LogP contribution in [0.25, 0.3) is 0 Å². The van der Waals surface area contributed by atoms with E-state index in [4.69, 9.17) is 0 Å². The van der Waals surface area contributed by atoms with Gasteiger partial charge in [0.05, 0.1) is 10.9 Å². The van der Waals surface area contributed by atoms with E-state index < -0.39 is 10.0 Å². The van der Waals surface area contributed by atoms with Gasteiger partial charge in [-0.2, -0.15) is 4.31 Å². The Balaban J connectivity index is 2.06. The quantitative estimate of drug-likeness (QED) is 0.865. The lowest BCUT2D eigenvalue weighted by molar-refractivity contribution is -0.127. The lowest BCUT2D eigenvalue weighted by atomic mass is 10.1. The summed E-state index contributed by atoms with van der Waals surface area (Å²) in [6.45, 7) is 13.3. The van der Waals surface area contributed by atoms with Crippen LogP contribution in [0, 0.1) is 13.8 Å². The van der Waals surface area contributed by atoms with Gasteiger partial charge in [-0.05, 0) is 58.7 Å². The first-order chi connectivity index (χ1) is 11.9. The normalized spacial score (nSPS) is 18.5. The van der Waals surface area contributed by atoms with Crippen LogP contribution in [0.3, 0.4) is 0 Å². The molecule has 1 N–H and O–H groups in total. The van der Waals surface area contributed by atoms with Crippen LogP contribution in [0.4, 0.5) is 0 Å². The molecule has 26 heavy (non-hydrogen) atoms. The van der Waals surface area contributed by atoms with Gasteiger partial charge in [-0.1, -0.05) is 12.1 Å². The minimum absolute atomic E-state index is 0.0247. The Morgan fingerprint density at radius 2 is 1.69 bits per heavy atom. The number of nitrogens with one attached hydrogen (secondary N) is 1. The number of piperazine rings is 1. The largest absolute Gasteiger partial charge is 0.350 e. The number of carbonyl (C=O) groups is 1. The number of rotatable bonds is 4. The Morgan fingerprint density at radius 3 is 2.23 bits per heavy atom. The van der Waals surface area contributed by atoms with Gasteiger partial charge in [-0.15, -0.1) is 0 Å². The van der Waals surface area contributed by atoms with E-state index in [0.717, 1.165) is 11.1 Å². The van der Waals surface area contributed by atoms with Crippen molar-refractivity contribution in [2.45, 2.75) is 58.0 Å². The van der Waals surface area contributed by atoms with Crippen molar-refractivity contribution in [3.05, 3.63) is 29.3 Å². The number of aryl methyl sites for hydroxylation is 2. The third-order valence-corrected chi connectivity index (χ3v) is 6.70. The smallest absolute Gasteiger partial charge is 0.243 e. The second-order valence-corrected chi connectivity index (χ2v) is 10.0. The molecule has 0 spiro atoms. The summed E-state index contributed by atoms with van der Waals surface area (Å²) in [5, 5.41) is 2.98. The van der Waals surface area contributed by atoms with Crippen molar-refractivity contribution in [2.24, 2.45) is 0 Å². The number of hydrogen-bond acceptors (Lipinski definition) is 4. The molecule has 1 aliphatic rings. The average Bonchev–Trinajstić information content (AvgIpc) is 2.54. The fourth-order valence-electron chi connectivity index (χ4n) is 3.10. The predicted octanol–water partition coefficient (Wildman–Crippen LogP) is 1.91. The molecule has 0 bridgehead atoms. The molecule has 0 aliphatic carbocycles. The van der Waals surface area contributed by atoms with Gasteiger partial charge >= 0.3 is 0 Å². The summed E-state index contributed by atoms with van der Waals surface area (Å²) < 4.78 is 27.5. The van der Waals surface area contributed by atoms with Crippen molar-refractivity contribution in [1.29, 1.82) is 0 Å². The molecule has 1 aliphatic heterocycles. The highest BCUT2D eigenvalue weighted by molar-refractivity contribution is 7.89. The van der Waals surface area contributed by atoms with Crippen LogP contribution in [0.1, 0.15) is 38.8 Å². The molecule has 1 heterocycles. The zero-order valence-electron chi connectivity index (χ0n) is 16.7. The fourth-order valence-corrected chi connectivity index (χ4v) is 4.83. The molecule has 1 amide bonds. The Hall–Kier alpha value is -1.44. The fraction of sp³-hybridized carbons (Fsp3) is 0.632. The lowest BCUT2D eigenvalue weighted by Crippen LogP contribution is -2.56. The van der Waals surface area contributed by atoms with Crippen molar-refractivity contribution >= 4 is 15.9 Å². The zero-order valence-corrected chi connectivity index (χ0v) is 17.5. The van der Waals surface area contributed by atoms with Crippen LogP contribution in [-0.2, 0) is 14.8 Å². The van der Waals surface area contributed by atoms with Crippen LogP contribution in [0.5, 0.6) is 0 Å². The molecule has 1 aromatic carbocycles. The minimum Gasteiger partial charge on any atom is -0.350 e. The molecule has 0 radical (unpaired) electrons. The molecule has 0 aromatic heterocycles. The standard InChI is InChI=1S/C19H31N3O3S/c1-14-7-8-15(2)17(13-14)26(24,25)22-11-9-21(10-12-22)16(3)18(23)20-19(4,5)6/h7-8,13,16H,9-12H2,1-6H3,(H,20,23). The maximum atomic E-state index is 13.0. The molecule has 0 saturated carbocycles. The number of amides is 1. The van der Waals surface area contributed by atoms with Gasteiger partial charge in [0.15, 0.2) is 0 Å². The topological polar surface area (TPSA) is 69.7 Å². The van der Waals surface area contributed by atoms with E-state index in [1.807, 2.05) is 58.6 Å². The monoisotopic (exact) mass is 381 g/mol. The van der Waals surface area contributed by atoms with Gasteiger partial charge < -0.3 is 5.32 Å². The highest BCUT2D eigenvalue weighted by atomic mass is 32.2. The van der Waals surface area contributed by atoms with E-state index in [1.165, 1.54) is 4.31 Å². The Labute approximate surface area is 157 Å². The first kappa shape index (κ1) is 20.9. The summed E-state index contributed by atoms with van der Waals surface area (Å²) in [5.74, 6) is -0.0247. The molecule has 2 rings (SSSR count). The summed E-state index contributed by atoms with van der Waals surface area (Å²) in [6, 6.07) is 5.22. The Bertz CT molecular complexity index is 761. The molecular weight excluding hydrogens is 350 g/mol. The second-order valence-electron chi connectivity index (χ2n) is 8.12. The number of carbonyl (C=O) groups excluding carboxylic acids is 1. The molecule has 1 aromatic rings. The second kappa shape index (κ2) is 7.66. The summed E-state index contributed by atoms with van der Waals surface area (Å²) in [6.07, 6.45) is 0. The van der Waals surface area contributed by atoms with E-state index >= 15 is 0 Å². The molecule has 1 atom stereocenters. The van der Waals surface area contributed by atoms with E-state index in [1.54, 1.807) is 6.07 Å². The van der Waals surface area contributed by atoms with Gasteiger partial charge in [0.25, 0.3) is 0 Å². The lowest BCUT2D eigenvalue weighted by Gasteiger charge is -2.37. The van der Waals surface area contributed by atoms with Crippen LogP contribution in [-0.4, -0.2) is 61.3 Å². The van der Waals surface area contributed by atoms with Crippen molar-refractivity contribution in [1.82, 2.24) is 14.5 Å². The summed E-state index contributed by atoms with van der Waals surface area (Å²) in [5.41, 5.74) is 1.41. The van der Waals surface area contributed by atoms with E-state index in [0.29, 0.717) is 31.1 Å². The van der Waals surface area contributed by atoms with Crippen LogP contribution in [0.15, 0.2) is 23.1 Å². The maximum absolute atomic E-state index is 13.0. The van der Waals surface area contributed by atoms with E-state index in [-0.39, 0.29) is 17.5 Å². The van der Waals surface area contributed by atoms with E-state index in [9.17, 15) is 13.2 Å². The van der Waals surface area contributed by atoms with Gasteiger partial charge in [0.2, 0.25) is 15.9 Å². The SMILES string of the molecule is Cc1ccc(C)c(S(=O)(=O)N2CCN(C(C)C(=O)NC(C)(C)C)CC2)c1. The third kappa shape index (κ3) is 4.84. The summed E-state index contributed by atoms with van der Waals surface area (Å²) in [7, 11) is -3.51. The van der Waals surface area contributed by atoms with Crippen LogP contribution < -0.4 is 5.32 Å².